The van der Waals surface area contributed by atoms with Gasteiger partial charge >= 0.3 is 17.9 Å². The van der Waals surface area contributed by atoms with E-state index in [4.69, 9.17) is 14.2 Å². The van der Waals surface area contributed by atoms with Crippen molar-refractivity contribution in [1.29, 1.82) is 0 Å². The van der Waals surface area contributed by atoms with Crippen molar-refractivity contribution in [3.63, 3.8) is 0 Å². The average molecular weight is 797 g/mol. The fourth-order valence-corrected chi connectivity index (χ4v) is 6.49. The first-order chi connectivity index (χ1) is 28.0. The van der Waals surface area contributed by atoms with Gasteiger partial charge in [-0.15, -0.1) is 0 Å². The highest BCUT2D eigenvalue weighted by atomic mass is 16.6. The number of unbranched alkanes of at least 4 members (excludes halogenated alkanes) is 21. The summed E-state index contributed by atoms with van der Waals surface area (Å²) in [6.07, 6.45) is 54.9. The maximum atomic E-state index is 12.7. The van der Waals surface area contributed by atoms with Gasteiger partial charge in [-0.3, -0.25) is 14.4 Å². The third-order valence-electron chi connectivity index (χ3n) is 10.0. The number of carbonyl (C=O) groups is 3. The molecule has 0 aliphatic heterocycles. The first kappa shape index (κ1) is 54.1. The minimum atomic E-state index is -0.783. The van der Waals surface area contributed by atoms with Crippen molar-refractivity contribution in [1.82, 2.24) is 0 Å². The summed E-state index contributed by atoms with van der Waals surface area (Å²) in [5.41, 5.74) is 0. The number of carbonyl (C=O) groups excluding carboxylic acids is 3. The van der Waals surface area contributed by atoms with Crippen molar-refractivity contribution < 1.29 is 28.6 Å². The Morgan fingerprint density at radius 1 is 0.368 bits per heavy atom. The molecule has 6 heteroatoms. The molecule has 0 aliphatic rings. The molecule has 0 fully saturated rings. The molecule has 0 aromatic heterocycles. The van der Waals surface area contributed by atoms with E-state index in [0.717, 1.165) is 116 Å². The molecule has 57 heavy (non-hydrogen) atoms. The highest BCUT2D eigenvalue weighted by Gasteiger charge is 2.19. The molecule has 0 rings (SSSR count). The van der Waals surface area contributed by atoms with Crippen molar-refractivity contribution >= 4 is 17.9 Å². The molecule has 1 atom stereocenters. The minimum absolute atomic E-state index is 0.0832. The predicted molar refractivity (Wildman–Crippen MR) is 242 cm³/mol. The third kappa shape index (κ3) is 44.1. The number of ether oxygens (including phenoxy) is 3. The third-order valence-corrected chi connectivity index (χ3v) is 10.0. The molecule has 6 nitrogen and oxygen atoms in total. The molecule has 0 amide bonds. The maximum absolute atomic E-state index is 12.7. The Balaban J connectivity index is 4.39. The number of rotatable bonds is 42. The van der Waals surface area contributed by atoms with Crippen LogP contribution in [0.4, 0.5) is 0 Å². The summed E-state index contributed by atoms with van der Waals surface area (Å²) in [4.78, 5) is 37.8. The van der Waals surface area contributed by atoms with E-state index in [0.29, 0.717) is 19.3 Å². The van der Waals surface area contributed by atoms with Crippen molar-refractivity contribution in [3.05, 3.63) is 60.8 Å². The zero-order valence-electron chi connectivity index (χ0n) is 37.3. The van der Waals surface area contributed by atoms with Crippen LogP contribution in [0.2, 0.25) is 0 Å². The molecule has 0 saturated carbocycles. The second-order valence-electron chi connectivity index (χ2n) is 15.6. The summed E-state index contributed by atoms with van der Waals surface area (Å²) in [7, 11) is 0. The fraction of sp³-hybridized carbons (Fsp3) is 0.745. The standard InChI is InChI=1S/C51H88O6/c1-4-7-10-13-16-19-22-24-25-26-27-30-32-35-38-41-44-50(53)56-47-48(46-55-49(52)43-40-37-34-31-28-21-18-15-12-9-6-3)57-51(54)45-42-39-36-33-29-23-20-17-14-11-8-5-2/h7-8,10-11,16-17,19-20,24-25,48H,4-6,9,12-15,18,21-23,26-47H2,1-3H3/b10-7-,11-8-,19-16-,20-17-,25-24-. The van der Waals surface area contributed by atoms with Crippen molar-refractivity contribution in [2.45, 2.75) is 232 Å². The van der Waals surface area contributed by atoms with Crippen LogP contribution < -0.4 is 0 Å². The maximum Gasteiger partial charge on any atom is 0.306 e. The molecule has 0 aromatic rings. The Labute approximate surface area is 351 Å². The number of allylic oxidation sites excluding steroid dienone is 10. The Bertz CT molecular complexity index is 1050. The Morgan fingerprint density at radius 2 is 0.684 bits per heavy atom. The lowest BCUT2D eigenvalue weighted by Gasteiger charge is -2.18. The highest BCUT2D eigenvalue weighted by Crippen LogP contribution is 2.14. The van der Waals surface area contributed by atoms with Gasteiger partial charge in [-0.05, 0) is 77.0 Å². The lowest BCUT2D eigenvalue weighted by Crippen LogP contribution is -2.30. The van der Waals surface area contributed by atoms with Crippen molar-refractivity contribution in [3.8, 4) is 0 Å². The van der Waals surface area contributed by atoms with Gasteiger partial charge in [-0.2, -0.15) is 0 Å². The van der Waals surface area contributed by atoms with Crippen LogP contribution >= 0.6 is 0 Å². The Kier molecular flexibility index (Phi) is 43.5. The average Bonchev–Trinajstić information content (AvgIpc) is 3.21. The summed E-state index contributed by atoms with van der Waals surface area (Å²) in [5.74, 6) is -0.913. The fourth-order valence-electron chi connectivity index (χ4n) is 6.49. The SMILES string of the molecule is CC/C=C\C/C=C\C/C=C\CCCCCCCCC(=O)OCC(COC(=O)CCCCCCCCCCCCC)OC(=O)CCCCCCC/C=C\C/C=C\CC. The van der Waals surface area contributed by atoms with Crippen molar-refractivity contribution in [2.24, 2.45) is 0 Å². The van der Waals surface area contributed by atoms with Crippen LogP contribution in [0, 0.1) is 0 Å². The second kappa shape index (κ2) is 45.8. The molecule has 0 saturated heterocycles. The predicted octanol–water partition coefficient (Wildman–Crippen LogP) is 15.3. The van der Waals surface area contributed by atoms with Crippen LogP contribution in [0.25, 0.3) is 0 Å². The molecule has 0 bridgehead atoms. The van der Waals surface area contributed by atoms with Crippen LogP contribution in [0.5, 0.6) is 0 Å². The Hall–Kier alpha value is -2.89. The van der Waals surface area contributed by atoms with Crippen LogP contribution in [-0.4, -0.2) is 37.2 Å². The van der Waals surface area contributed by atoms with Crippen LogP contribution in [-0.2, 0) is 28.6 Å². The van der Waals surface area contributed by atoms with Gasteiger partial charge in [0, 0.05) is 19.3 Å². The first-order valence-corrected chi connectivity index (χ1v) is 23.8. The van der Waals surface area contributed by atoms with Gasteiger partial charge in [0.1, 0.15) is 13.2 Å². The van der Waals surface area contributed by atoms with E-state index in [2.05, 4.69) is 81.5 Å². The van der Waals surface area contributed by atoms with E-state index < -0.39 is 6.10 Å². The molecule has 1 unspecified atom stereocenters. The molecular weight excluding hydrogens is 709 g/mol. The highest BCUT2D eigenvalue weighted by molar-refractivity contribution is 5.71. The monoisotopic (exact) mass is 797 g/mol. The molecule has 0 heterocycles. The van der Waals surface area contributed by atoms with Crippen LogP contribution in [0.15, 0.2) is 60.8 Å². The van der Waals surface area contributed by atoms with Gasteiger partial charge in [0.05, 0.1) is 0 Å². The number of hydrogen-bond donors (Lipinski definition) is 0. The van der Waals surface area contributed by atoms with E-state index >= 15 is 0 Å². The largest absolute Gasteiger partial charge is 0.462 e. The van der Waals surface area contributed by atoms with Crippen LogP contribution in [0.1, 0.15) is 226 Å². The molecule has 0 aromatic carbocycles. The lowest BCUT2D eigenvalue weighted by molar-refractivity contribution is -0.167. The van der Waals surface area contributed by atoms with Gasteiger partial charge in [0.25, 0.3) is 0 Å². The normalized spacial score (nSPS) is 12.5. The number of esters is 3. The zero-order chi connectivity index (χ0) is 41.5. The summed E-state index contributed by atoms with van der Waals surface area (Å²) >= 11 is 0. The smallest absolute Gasteiger partial charge is 0.306 e. The van der Waals surface area contributed by atoms with Gasteiger partial charge in [0.2, 0.25) is 0 Å². The van der Waals surface area contributed by atoms with Gasteiger partial charge in [0.15, 0.2) is 6.10 Å². The summed E-state index contributed by atoms with van der Waals surface area (Å²) in [6, 6.07) is 0. The van der Waals surface area contributed by atoms with Gasteiger partial charge in [-0.25, -0.2) is 0 Å². The molecule has 0 radical (unpaired) electrons. The number of hydrogen-bond acceptors (Lipinski definition) is 6. The first-order valence-electron chi connectivity index (χ1n) is 23.8. The molecule has 328 valence electrons. The summed E-state index contributed by atoms with van der Waals surface area (Å²) < 4.78 is 16.7. The molecule has 0 N–H and O–H groups in total. The van der Waals surface area contributed by atoms with E-state index in [1.165, 1.54) is 70.6 Å². The zero-order valence-corrected chi connectivity index (χ0v) is 37.3. The van der Waals surface area contributed by atoms with Gasteiger partial charge in [-0.1, -0.05) is 191 Å². The summed E-state index contributed by atoms with van der Waals surface area (Å²) in [5, 5.41) is 0. The van der Waals surface area contributed by atoms with E-state index in [1.807, 2.05) is 0 Å². The van der Waals surface area contributed by atoms with E-state index in [-0.39, 0.29) is 31.1 Å². The lowest BCUT2D eigenvalue weighted by atomic mass is 10.1. The topological polar surface area (TPSA) is 78.9 Å². The second-order valence-corrected chi connectivity index (χ2v) is 15.6. The Morgan fingerprint density at radius 3 is 1.07 bits per heavy atom. The molecule has 0 aliphatic carbocycles. The van der Waals surface area contributed by atoms with E-state index in [1.54, 1.807) is 0 Å². The quantitative estimate of drug-likeness (QED) is 0.0265. The minimum Gasteiger partial charge on any atom is -0.462 e. The van der Waals surface area contributed by atoms with E-state index in [9.17, 15) is 14.4 Å². The van der Waals surface area contributed by atoms with Gasteiger partial charge < -0.3 is 14.2 Å². The molecular formula is C51H88O6. The summed E-state index contributed by atoms with van der Waals surface area (Å²) in [6.45, 7) is 6.38. The van der Waals surface area contributed by atoms with Crippen LogP contribution in [0.3, 0.4) is 0 Å². The molecule has 0 spiro atoms. The van der Waals surface area contributed by atoms with Crippen molar-refractivity contribution in [2.75, 3.05) is 13.2 Å².